The summed E-state index contributed by atoms with van der Waals surface area (Å²) in [4.78, 5) is 35.4. The van der Waals surface area contributed by atoms with Gasteiger partial charge in [0.25, 0.3) is 0 Å². The molecular formula is C48H81NO9P+. The Bertz CT molecular complexity index is 1340. The van der Waals surface area contributed by atoms with Crippen LogP contribution in [0.15, 0.2) is 97.2 Å². The Hall–Kier alpha value is -3.11. The van der Waals surface area contributed by atoms with Crippen molar-refractivity contribution in [3.05, 3.63) is 97.2 Å². The molecule has 0 heterocycles. The SMILES string of the molecule is CC/C=C\C/C=C\C/C=C\C/C=C\CCCCCCC(=O)O[C@H](COC(=O)CCC/C=C\C/C=C\C=C\[C@H](O)C/C=C\CCCCC)COP(=O)(O)OCC[N+](C)(C)C. The molecule has 0 aliphatic carbocycles. The molecule has 0 aliphatic heterocycles. The van der Waals surface area contributed by atoms with Crippen molar-refractivity contribution in [3.8, 4) is 0 Å². The molecule has 0 bridgehead atoms. The van der Waals surface area contributed by atoms with Crippen LogP contribution < -0.4 is 0 Å². The van der Waals surface area contributed by atoms with Gasteiger partial charge in [-0.05, 0) is 83.5 Å². The topological polar surface area (TPSA) is 129 Å². The highest BCUT2D eigenvalue weighted by molar-refractivity contribution is 7.47. The summed E-state index contributed by atoms with van der Waals surface area (Å²) in [6.07, 6.45) is 47.7. The highest BCUT2D eigenvalue weighted by Gasteiger charge is 2.27. The molecule has 0 aromatic rings. The average Bonchev–Trinajstić information content (AvgIpc) is 3.18. The van der Waals surface area contributed by atoms with Crippen molar-refractivity contribution < 1.29 is 47.2 Å². The van der Waals surface area contributed by atoms with Crippen LogP contribution in [0, 0.1) is 0 Å². The number of carbonyl (C=O) groups excluding carboxylic acids is 2. The molecular weight excluding hydrogens is 766 g/mol. The number of carbonyl (C=O) groups is 2. The summed E-state index contributed by atoms with van der Waals surface area (Å²) in [5.41, 5.74) is 0. The first-order valence-corrected chi connectivity index (χ1v) is 23.6. The summed E-state index contributed by atoms with van der Waals surface area (Å²) >= 11 is 0. The average molecular weight is 847 g/mol. The lowest BCUT2D eigenvalue weighted by Gasteiger charge is -2.24. The van der Waals surface area contributed by atoms with E-state index in [4.69, 9.17) is 18.5 Å². The number of hydrogen-bond acceptors (Lipinski definition) is 8. The van der Waals surface area contributed by atoms with Gasteiger partial charge >= 0.3 is 19.8 Å². The Labute approximate surface area is 358 Å². The normalized spacial score (nSPS) is 15.0. The van der Waals surface area contributed by atoms with Gasteiger partial charge in [0, 0.05) is 12.8 Å². The third-order valence-electron chi connectivity index (χ3n) is 8.68. The fourth-order valence-corrected chi connectivity index (χ4v) is 5.94. The first-order valence-electron chi connectivity index (χ1n) is 22.1. The van der Waals surface area contributed by atoms with Crippen LogP contribution >= 0.6 is 7.82 Å². The van der Waals surface area contributed by atoms with E-state index in [1.165, 1.54) is 19.3 Å². The zero-order valence-corrected chi connectivity index (χ0v) is 38.2. The van der Waals surface area contributed by atoms with Crippen molar-refractivity contribution in [2.75, 3.05) is 47.5 Å². The molecule has 0 radical (unpaired) electrons. The van der Waals surface area contributed by atoms with Crippen molar-refractivity contribution in [1.29, 1.82) is 0 Å². The van der Waals surface area contributed by atoms with Gasteiger partial charge in [-0.1, -0.05) is 137 Å². The Morgan fingerprint density at radius 2 is 1.19 bits per heavy atom. The molecule has 2 N–H and O–H groups in total. The van der Waals surface area contributed by atoms with Gasteiger partial charge in [-0.3, -0.25) is 18.6 Å². The second kappa shape index (κ2) is 39.1. The number of quaternary nitrogens is 1. The molecule has 0 rings (SSSR count). The number of allylic oxidation sites excluding steroid dienone is 14. The number of aliphatic hydroxyl groups is 1. The van der Waals surface area contributed by atoms with Crippen molar-refractivity contribution >= 4 is 19.8 Å². The lowest BCUT2D eigenvalue weighted by atomic mass is 10.1. The van der Waals surface area contributed by atoms with Gasteiger partial charge in [0.2, 0.25) is 0 Å². The lowest BCUT2D eigenvalue weighted by Crippen LogP contribution is -2.37. The van der Waals surface area contributed by atoms with Crippen LogP contribution in [-0.2, 0) is 32.7 Å². The van der Waals surface area contributed by atoms with Gasteiger partial charge < -0.3 is 24.0 Å². The van der Waals surface area contributed by atoms with Crippen molar-refractivity contribution in [3.63, 3.8) is 0 Å². The molecule has 1 unspecified atom stereocenters. The first kappa shape index (κ1) is 55.9. The highest BCUT2D eigenvalue weighted by Crippen LogP contribution is 2.43. The van der Waals surface area contributed by atoms with Gasteiger partial charge in [-0.25, -0.2) is 4.57 Å². The Kier molecular flexibility index (Phi) is 37.0. The van der Waals surface area contributed by atoms with E-state index in [2.05, 4.69) is 68.5 Å². The molecule has 0 aromatic carbocycles. The minimum atomic E-state index is -4.42. The number of nitrogens with zero attached hydrogens (tertiary/aromatic N) is 1. The standard InChI is InChI=1S/C48H80NO9P/c1-6-8-10-12-14-15-16-17-18-19-20-21-22-23-28-32-36-40-48(52)58-46(44-57-59(53,54)56-42-41-49(3,4)5)43-55-47(51)39-35-31-27-25-24-26-30-34-38-45(50)37-33-29-13-11-9-7-2/h8,10,14-15,17-18,20-21,25-27,29-30,33-34,38,45-46,50H,6-7,9,11-13,16,19,22-24,28,31-32,35-37,39-44H2,1-5H3/p+1/b10-8-,15-14-,18-17-,21-20-,27-25-,30-26-,33-29-,38-34+/t45-,46-/m1/s1. The van der Waals surface area contributed by atoms with Crippen LogP contribution in [0.3, 0.4) is 0 Å². The molecule has 0 aromatic heterocycles. The lowest BCUT2D eigenvalue weighted by molar-refractivity contribution is -0.870. The predicted octanol–water partition coefficient (Wildman–Crippen LogP) is 11.5. The predicted molar refractivity (Wildman–Crippen MR) is 244 cm³/mol. The molecule has 0 fully saturated rings. The second-order valence-corrected chi connectivity index (χ2v) is 17.0. The highest BCUT2D eigenvalue weighted by atomic mass is 31.2. The summed E-state index contributed by atoms with van der Waals surface area (Å²) < 4.78 is 34.2. The molecule has 0 spiro atoms. The Balaban J connectivity index is 4.58. The summed E-state index contributed by atoms with van der Waals surface area (Å²) in [5, 5.41) is 10.0. The quantitative estimate of drug-likeness (QED) is 0.0156. The number of unbranched alkanes of at least 4 members (excludes halogenated alkanes) is 8. The van der Waals surface area contributed by atoms with E-state index >= 15 is 0 Å². The molecule has 3 atom stereocenters. The van der Waals surface area contributed by atoms with Crippen LogP contribution in [0.5, 0.6) is 0 Å². The van der Waals surface area contributed by atoms with E-state index in [0.29, 0.717) is 36.7 Å². The maximum absolute atomic E-state index is 12.7. The number of likely N-dealkylation sites (N-methyl/N-ethyl adjacent to an activating group) is 1. The molecule has 0 saturated heterocycles. The van der Waals surface area contributed by atoms with Gasteiger partial charge in [-0.2, -0.15) is 0 Å². The first-order chi connectivity index (χ1) is 28.4. The number of hydrogen-bond donors (Lipinski definition) is 2. The maximum atomic E-state index is 12.7. The minimum Gasteiger partial charge on any atom is -0.462 e. The van der Waals surface area contributed by atoms with Gasteiger partial charge in [0.15, 0.2) is 6.10 Å². The molecule has 336 valence electrons. The fourth-order valence-electron chi connectivity index (χ4n) is 5.20. The van der Waals surface area contributed by atoms with Gasteiger partial charge in [-0.15, -0.1) is 0 Å². The van der Waals surface area contributed by atoms with Crippen LogP contribution in [0.1, 0.15) is 136 Å². The Morgan fingerprint density at radius 3 is 1.83 bits per heavy atom. The van der Waals surface area contributed by atoms with Crippen molar-refractivity contribution in [2.24, 2.45) is 0 Å². The largest absolute Gasteiger partial charge is 0.472 e. The Morgan fingerprint density at radius 1 is 0.627 bits per heavy atom. The third kappa shape index (κ3) is 42.8. The number of rotatable bonds is 38. The number of phosphoric ester groups is 1. The van der Waals surface area contributed by atoms with E-state index in [9.17, 15) is 24.2 Å². The summed E-state index contributed by atoms with van der Waals surface area (Å²) in [6.45, 7) is 4.06. The van der Waals surface area contributed by atoms with E-state index in [1.54, 1.807) is 6.08 Å². The molecule has 59 heavy (non-hydrogen) atoms. The van der Waals surface area contributed by atoms with Crippen LogP contribution in [0.25, 0.3) is 0 Å². The van der Waals surface area contributed by atoms with E-state index < -0.39 is 38.6 Å². The molecule has 11 heteroatoms. The second-order valence-electron chi connectivity index (χ2n) is 15.5. The number of ether oxygens (including phenoxy) is 2. The maximum Gasteiger partial charge on any atom is 0.472 e. The van der Waals surface area contributed by atoms with Crippen LogP contribution in [0.2, 0.25) is 0 Å². The molecule has 10 nitrogen and oxygen atoms in total. The van der Waals surface area contributed by atoms with Crippen molar-refractivity contribution in [2.45, 2.75) is 148 Å². The monoisotopic (exact) mass is 847 g/mol. The van der Waals surface area contributed by atoms with Crippen LogP contribution in [-0.4, -0.2) is 86.1 Å². The van der Waals surface area contributed by atoms with Crippen LogP contribution in [0.4, 0.5) is 0 Å². The summed E-state index contributed by atoms with van der Waals surface area (Å²) in [7, 11) is 1.38. The fraction of sp³-hybridized carbons (Fsp3) is 0.625. The number of phosphoric acid groups is 1. The zero-order valence-electron chi connectivity index (χ0n) is 37.3. The number of esters is 2. The number of aliphatic hydroxyl groups excluding tert-OH is 1. The summed E-state index contributed by atoms with van der Waals surface area (Å²) in [6, 6.07) is 0. The summed E-state index contributed by atoms with van der Waals surface area (Å²) in [5.74, 6) is -0.943. The molecule has 0 amide bonds. The molecule has 0 saturated carbocycles. The van der Waals surface area contributed by atoms with Gasteiger partial charge in [0.05, 0.1) is 33.9 Å². The minimum absolute atomic E-state index is 0.00226. The smallest absolute Gasteiger partial charge is 0.462 e. The van der Waals surface area contributed by atoms with Gasteiger partial charge in [0.1, 0.15) is 19.8 Å². The zero-order chi connectivity index (χ0) is 43.7. The van der Waals surface area contributed by atoms with E-state index in [-0.39, 0.29) is 26.1 Å². The molecule has 0 aliphatic rings. The van der Waals surface area contributed by atoms with Crippen molar-refractivity contribution in [1.82, 2.24) is 0 Å². The van der Waals surface area contributed by atoms with E-state index in [1.807, 2.05) is 57.6 Å². The third-order valence-corrected chi connectivity index (χ3v) is 9.66. The van der Waals surface area contributed by atoms with E-state index in [0.717, 1.165) is 64.2 Å².